The topological polar surface area (TPSA) is 38.2 Å². The Morgan fingerprint density at radius 2 is 2.17 bits per heavy atom. The molecule has 0 unspecified atom stereocenters. The summed E-state index contributed by atoms with van der Waals surface area (Å²) in [6.07, 6.45) is 3.43. The van der Waals surface area contributed by atoms with Crippen molar-refractivity contribution >= 4 is 28.4 Å². The number of halogens is 1. The second-order valence-electron chi connectivity index (χ2n) is 4.07. The van der Waals surface area contributed by atoms with E-state index in [1.807, 2.05) is 24.4 Å². The van der Waals surface area contributed by atoms with E-state index in [2.05, 4.69) is 43.5 Å². The van der Waals surface area contributed by atoms with Gasteiger partial charge in [-0.05, 0) is 28.7 Å². The maximum absolute atomic E-state index is 5.75. The first-order chi connectivity index (χ1) is 8.84. The molecule has 0 saturated carbocycles. The molecular weight excluding hydrogens is 341 g/mol. The molecule has 1 aromatic heterocycles. The van der Waals surface area contributed by atoms with Crippen molar-refractivity contribution in [1.29, 1.82) is 0 Å². The number of rotatable bonds is 1. The van der Waals surface area contributed by atoms with Crippen LogP contribution in [0.15, 0.2) is 36.8 Å². The van der Waals surface area contributed by atoms with E-state index in [4.69, 9.17) is 4.74 Å². The van der Waals surface area contributed by atoms with E-state index in [-0.39, 0.29) is 0 Å². The minimum atomic E-state index is 0.678. The van der Waals surface area contributed by atoms with Crippen LogP contribution in [0.5, 0.6) is 5.75 Å². The molecule has 2 heterocycles. The minimum Gasteiger partial charge on any atom is -0.491 e. The van der Waals surface area contributed by atoms with Crippen LogP contribution in [0.25, 0.3) is 0 Å². The van der Waals surface area contributed by atoms with E-state index in [0.29, 0.717) is 6.61 Å². The van der Waals surface area contributed by atoms with E-state index >= 15 is 0 Å². The Bertz CT molecular complexity index is 561. The molecule has 92 valence electrons. The van der Waals surface area contributed by atoms with Crippen molar-refractivity contribution in [3.05, 3.63) is 45.9 Å². The van der Waals surface area contributed by atoms with Gasteiger partial charge in [-0.15, -0.1) is 0 Å². The highest BCUT2D eigenvalue weighted by Crippen LogP contribution is 2.26. The second-order valence-corrected chi connectivity index (χ2v) is 5.23. The number of hydrogen-bond donors (Lipinski definition) is 0. The SMILES string of the molecule is Ic1cncnc1N1CCOc2ccccc2C1. The van der Waals surface area contributed by atoms with Gasteiger partial charge in [-0.1, -0.05) is 18.2 Å². The van der Waals surface area contributed by atoms with Gasteiger partial charge in [0.05, 0.1) is 10.1 Å². The highest BCUT2D eigenvalue weighted by molar-refractivity contribution is 14.1. The van der Waals surface area contributed by atoms with Crippen LogP contribution in [0.1, 0.15) is 5.56 Å². The lowest BCUT2D eigenvalue weighted by molar-refractivity contribution is 0.331. The molecule has 18 heavy (non-hydrogen) atoms. The summed E-state index contributed by atoms with van der Waals surface area (Å²) >= 11 is 2.27. The van der Waals surface area contributed by atoms with E-state index in [1.165, 1.54) is 5.56 Å². The standard InChI is InChI=1S/C13H12IN3O/c14-11-7-15-9-16-13(11)17-5-6-18-12-4-2-1-3-10(12)8-17/h1-4,7,9H,5-6,8H2. The molecular formula is C13H12IN3O. The molecule has 3 rings (SSSR count). The van der Waals surface area contributed by atoms with Gasteiger partial charge < -0.3 is 9.64 Å². The molecule has 0 bridgehead atoms. The Kier molecular flexibility index (Phi) is 3.31. The number of nitrogens with zero attached hydrogens (tertiary/aromatic N) is 3. The molecule has 5 heteroatoms. The Balaban J connectivity index is 1.94. The van der Waals surface area contributed by atoms with Crippen LogP contribution in [-0.2, 0) is 6.54 Å². The molecule has 1 aliphatic heterocycles. The zero-order valence-electron chi connectivity index (χ0n) is 9.71. The number of ether oxygens (including phenoxy) is 1. The van der Waals surface area contributed by atoms with Crippen LogP contribution in [0.3, 0.4) is 0 Å². The van der Waals surface area contributed by atoms with Gasteiger partial charge in [0.25, 0.3) is 0 Å². The molecule has 2 aromatic rings. The van der Waals surface area contributed by atoms with Crippen molar-refractivity contribution in [3.8, 4) is 5.75 Å². The maximum Gasteiger partial charge on any atom is 0.145 e. The van der Waals surface area contributed by atoms with Gasteiger partial charge in [-0.2, -0.15) is 0 Å². The van der Waals surface area contributed by atoms with E-state index in [1.54, 1.807) is 6.33 Å². The molecule has 0 aliphatic carbocycles. The fraction of sp³-hybridized carbons (Fsp3) is 0.231. The van der Waals surface area contributed by atoms with Crippen molar-refractivity contribution in [2.24, 2.45) is 0 Å². The lowest BCUT2D eigenvalue weighted by atomic mass is 10.2. The van der Waals surface area contributed by atoms with Crippen molar-refractivity contribution in [2.45, 2.75) is 6.54 Å². The molecule has 0 spiro atoms. The van der Waals surface area contributed by atoms with Crippen LogP contribution in [0.2, 0.25) is 0 Å². The highest BCUT2D eigenvalue weighted by Gasteiger charge is 2.17. The number of anilines is 1. The van der Waals surface area contributed by atoms with Crippen molar-refractivity contribution in [2.75, 3.05) is 18.1 Å². The number of fused-ring (bicyclic) bond motifs is 1. The molecule has 0 fully saturated rings. The third-order valence-corrected chi connectivity index (χ3v) is 3.66. The molecule has 1 aromatic carbocycles. The smallest absolute Gasteiger partial charge is 0.145 e. The van der Waals surface area contributed by atoms with Crippen LogP contribution in [0, 0.1) is 3.57 Å². The number of aromatic nitrogens is 2. The molecule has 0 radical (unpaired) electrons. The summed E-state index contributed by atoms with van der Waals surface area (Å²) in [5.41, 5.74) is 1.20. The van der Waals surface area contributed by atoms with Crippen molar-refractivity contribution < 1.29 is 4.74 Å². The average Bonchev–Trinajstić information content (AvgIpc) is 2.61. The summed E-state index contributed by atoms with van der Waals surface area (Å²) in [5.74, 6) is 1.95. The summed E-state index contributed by atoms with van der Waals surface area (Å²) in [4.78, 5) is 10.6. The van der Waals surface area contributed by atoms with Gasteiger partial charge >= 0.3 is 0 Å². The summed E-state index contributed by atoms with van der Waals surface area (Å²) in [6, 6.07) is 8.16. The van der Waals surface area contributed by atoms with Gasteiger partial charge in [0.1, 0.15) is 24.5 Å². The van der Waals surface area contributed by atoms with Crippen LogP contribution < -0.4 is 9.64 Å². The first-order valence-electron chi connectivity index (χ1n) is 5.76. The Morgan fingerprint density at radius 1 is 1.28 bits per heavy atom. The maximum atomic E-state index is 5.75. The Morgan fingerprint density at radius 3 is 3.06 bits per heavy atom. The van der Waals surface area contributed by atoms with Gasteiger partial charge in [0.2, 0.25) is 0 Å². The van der Waals surface area contributed by atoms with E-state index in [0.717, 1.165) is 28.2 Å². The predicted molar refractivity (Wildman–Crippen MR) is 77.7 cm³/mol. The number of hydrogen-bond acceptors (Lipinski definition) is 4. The fourth-order valence-corrected chi connectivity index (χ4v) is 2.69. The van der Waals surface area contributed by atoms with Crippen LogP contribution in [0.4, 0.5) is 5.82 Å². The number of para-hydroxylation sites is 1. The normalized spacial score (nSPS) is 14.6. The third-order valence-electron chi connectivity index (χ3n) is 2.90. The molecule has 0 amide bonds. The molecule has 0 N–H and O–H groups in total. The first-order valence-corrected chi connectivity index (χ1v) is 6.83. The average molecular weight is 353 g/mol. The Labute approximate surface area is 119 Å². The predicted octanol–water partition coefficient (Wildman–Crippen LogP) is 2.48. The first kappa shape index (κ1) is 11.7. The largest absolute Gasteiger partial charge is 0.491 e. The second kappa shape index (κ2) is 5.09. The summed E-state index contributed by atoms with van der Waals surface area (Å²) < 4.78 is 6.82. The zero-order valence-corrected chi connectivity index (χ0v) is 11.9. The summed E-state index contributed by atoms with van der Waals surface area (Å²) in [5, 5.41) is 0. The van der Waals surface area contributed by atoms with E-state index < -0.39 is 0 Å². The quantitative estimate of drug-likeness (QED) is 0.739. The minimum absolute atomic E-state index is 0.678. The van der Waals surface area contributed by atoms with Crippen molar-refractivity contribution in [3.63, 3.8) is 0 Å². The van der Waals surface area contributed by atoms with Gasteiger partial charge in [-0.3, -0.25) is 0 Å². The highest BCUT2D eigenvalue weighted by atomic mass is 127. The monoisotopic (exact) mass is 353 g/mol. The lowest BCUT2D eigenvalue weighted by Crippen LogP contribution is -2.27. The summed E-state index contributed by atoms with van der Waals surface area (Å²) in [7, 11) is 0. The van der Waals surface area contributed by atoms with Gasteiger partial charge in [-0.25, -0.2) is 9.97 Å². The van der Waals surface area contributed by atoms with Crippen LogP contribution in [-0.4, -0.2) is 23.1 Å². The molecule has 4 nitrogen and oxygen atoms in total. The number of benzene rings is 1. The molecule has 1 aliphatic rings. The Hall–Kier alpha value is -1.37. The van der Waals surface area contributed by atoms with Gasteiger partial charge in [0.15, 0.2) is 0 Å². The molecule has 0 atom stereocenters. The lowest BCUT2D eigenvalue weighted by Gasteiger charge is -2.21. The van der Waals surface area contributed by atoms with E-state index in [9.17, 15) is 0 Å². The molecule has 0 saturated heterocycles. The van der Waals surface area contributed by atoms with Gasteiger partial charge in [0, 0.05) is 18.3 Å². The fourth-order valence-electron chi connectivity index (χ4n) is 2.05. The van der Waals surface area contributed by atoms with Crippen molar-refractivity contribution in [1.82, 2.24) is 9.97 Å². The summed E-state index contributed by atoms with van der Waals surface area (Å²) in [6.45, 7) is 2.34. The van der Waals surface area contributed by atoms with Crippen LogP contribution >= 0.6 is 22.6 Å². The zero-order chi connectivity index (χ0) is 12.4. The third kappa shape index (κ3) is 2.27.